The molecule has 3 aromatic rings. The summed E-state index contributed by atoms with van der Waals surface area (Å²) in [6, 6.07) is 10.6. The lowest BCUT2D eigenvalue weighted by Gasteiger charge is -2.04. The van der Waals surface area contributed by atoms with Gasteiger partial charge in [-0.1, -0.05) is 23.2 Å². The van der Waals surface area contributed by atoms with E-state index in [1.807, 2.05) is 12.1 Å². The summed E-state index contributed by atoms with van der Waals surface area (Å²) < 4.78 is 5.00. The van der Waals surface area contributed by atoms with E-state index in [9.17, 15) is 4.79 Å². The van der Waals surface area contributed by atoms with Crippen molar-refractivity contribution < 1.29 is 9.53 Å². The molecule has 0 aliphatic rings. The predicted molar refractivity (Wildman–Crippen MR) is 95.8 cm³/mol. The van der Waals surface area contributed by atoms with E-state index in [1.54, 1.807) is 31.2 Å². The van der Waals surface area contributed by atoms with Gasteiger partial charge in [0.25, 0.3) is 0 Å². The lowest BCUT2D eigenvalue weighted by molar-refractivity contribution is 0.0526. The molecule has 0 aliphatic heterocycles. The highest BCUT2D eigenvalue weighted by molar-refractivity contribution is 6.34. The Hall–Kier alpha value is -2.24. The van der Waals surface area contributed by atoms with Gasteiger partial charge in [-0.25, -0.2) is 9.78 Å². The fourth-order valence-corrected chi connectivity index (χ4v) is 2.90. The zero-order valence-corrected chi connectivity index (χ0v) is 14.4. The molecule has 124 valence electrons. The maximum absolute atomic E-state index is 11.8. The molecule has 3 rings (SSSR count). The van der Waals surface area contributed by atoms with Gasteiger partial charge >= 0.3 is 5.97 Å². The van der Waals surface area contributed by atoms with Gasteiger partial charge < -0.3 is 15.0 Å². The first kappa shape index (κ1) is 16.6. The number of aromatic nitrogens is 2. The summed E-state index contributed by atoms with van der Waals surface area (Å²) in [5.74, 6) is 0.249. The van der Waals surface area contributed by atoms with Crippen LogP contribution in [-0.4, -0.2) is 22.5 Å². The van der Waals surface area contributed by atoms with Crippen LogP contribution >= 0.6 is 23.2 Å². The zero-order chi connectivity index (χ0) is 17.1. The summed E-state index contributed by atoms with van der Waals surface area (Å²) in [5.41, 5.74) is 2.95. The number of carbonyl (C=O) groups is 1. The van der Waals surface area contributed by atoms with Gasteiger partial charge in [-0.3, -0.25) is 0 Å². The molecule has 1 heterocycles. The van der Waals surface area contributed by atoms with Crippen molar-refractivity contribution in [3.63, 3.8) is 0 Å². The van der Waals surface area contributed by atoms with Crippen LogP contribution in [0.3, 0.4) is 0 Å². The molecular weight excluding hydrogens is 349 g/mol. The predicted octanol–water partition coefficient (Wildman–Crippen LogP) is 4.66. The van der Waals surface area contributed by atoms with Crippen LogP contribution in [0, 0.1) is 0 Å². The number of halogens is 2. The van der Waals surface area contributed by atoms with Crippen molar-refractivity contribution in [3.8, 4) is 0 Å². The molecule has 24 heavy (non-hydrogen) atoms. The number of imidazole rings is 1. The molecule has 0 spiro atoms. The number of hydrogen-bond donors (Lipinski definition) is 2. The van der Waals surface area contributed by atoms with E-state index in [0.29, 0.717) is 34.7 Å². The molecule has 1 aromatic heterocycles. The smallest absolute Gasteiger partial charge is 0.338 e. The monoisotopic (exact) mass is 363 g/mol. The molecular formula is C17H15Cl2N3O2. The van der Waals surface area contributed by atoms with Crippen molar-refractivity contribution in [2.24, 2.45) is 0 Å². The lowest BCUT2D eigenvalue weighted by Crippen LogP contribution is -2.04. The fraction of sp³-hybridized carbons (Fsp3) is 0.176. The maximum Gasteiger partial charge on any atom is 0.338 e. The molecule has 0 fully saturated rings. The molecule has 0 aliphatic carbocycles. The summed E-state index contributed by atoms with van der Waals surface area (Å²) in [6.07, 6.45) is 0. The Morgan fingerprint density at radius 2 is 1.96 bits per heavy atom. The minimum absolute atomic E-state index is 0.342. The van der Waals surface area contributed by atoms with Crippen LogP contribution in [0.1, 0.15) is 22.8 Å². The summed E-state index contributed by atoms with van der Waals surface area (Å²) in [5, 5.41) is 4.35. The van der Waals surface area contributed by atoms with Gasteiger partial charge in [0, 0.05) is 16.6 Å². The third-order valence-corrected chi connectivity index (χ3v) is 3.81. The normalized spacial score (nSPS) is 10.8. The van der Waals surface area contributed by atoms with Gasteiger partial charge in [0.2, 0.25) is 5.95 Å². The van der Waals surface area contributed by atoms with Crippen LogP contribution in [0.5, 0.6) is 0 Å². The molecule has 5 nitrogen and oxygen atoms in total. The number of rotatable bonds is 5. The van der Waals surface area contributed by atoms with Gasteiger partial charge in [0.1, 0.15) is 0 Å². The number of benzene rings is 2. The summed E-state index contributed by atoms with van der Waals surface area (Å²) in [7, 11) is 0. The molecule has 0 bridgehead atoms. The van der Waals surface area contributed by atoms with E-state index in [1.165, 1.54) is 0 Å². The lowest BCUT2D eigenvalue weighted by atomic mass is 10.2. The minimum Gasteiger partial charge on any atom is -0.462 e. The number of nitrogens with zero attached hydrogens (tertiary/aromatic N) is 1. The number of hydrogen-bond acceptors (Lipinski definition) is 4. The molecule has 0 atom stereocenters. The Morgan fingerprint density at radius 3 is 2.67 bits per heavy atom. The first-order chi connectivity index (χ1) is 11.5. The van der Waals surface area contributed by atoms with E-state index in [0.717, 1.165) is 16.6 Å². The van der Waals surface area contributed by atoms with Gasteiger partial charge in [-0.15, -0.1) is 0 Å². The molecule has 0 unspecified atom stereocenters. The Kier molecular flexibility index (Phi) is 4.92. The van der Waals surface area contributed by atoms with Gasteiger partial charge in [0.15, 0.2) is 0 Å². The van der Waals surface area contributed by atoms with E-state index < -0.39 is 0 Å². The molecule has 2 aromatic carbocycles. The number of aromatic amines is 1. The van der Waals surface area contributed by atoms with Gasteiger partial charge in [0.05, 0.1) is 23.2 Å². The van der Waals surface area contributed by atoms with Crippen LogP contribution < -0.4 is 5.32 Å². The van der Waals surface area contributed by atoms with Crippen molar-refractivity contribution in [3.05, 3.63) is 57.6 Å². The van der Waals surface area contributed by atoms with Crippen molar-refractivity contribution >= 4 is 46.2 Å². The molecule has 7 heteroatoms. The van der Waals surface area contributed by atoms with E-state index in [2.05, 4.69) is 15.3 Å². The number of ether oxygens (including phenoxy) is 1. The van der Waals surface area contributed by atoms with Crippen LogP contribution in [0.15, 0.2) is 36.4 Å². The number of fused-ring (bicyclic) bond motifs is 1. The Bertz CT molecular complexity index is 872. The molecule has 2 N–H and O–H groups in total. The third-order valence-electron chi connectivity index (χ3n) is 3.38. The highest BCUT2D eigenvalue weighted by Crippen LogP contribution is 2.21. The SMILES string of the molecule is CCOC(=O)c1ccc2nc(NCc3cc(Cl)cc(Cl)c3)[nH]c2c1. The average Bonchev–Trinajstić information content (AvgIpc) is 2.94. The summed E-state index contributed by atoms with van der Waals surface area (Å²) in [6.45, 7) is 2.64. The van der Waals surface area contributed by atoms with Crippen molar-refractivity contribution in [2.75, 3.05) is 11.9 Å². The second-order valence-electron chi connectivity index (χ2n) is 5.17. The van der Waals surface area contributed by atoms with Gasteiger partial charge in [-0.05, 0) is 48.9 Å². The van der Waals surface area contributed by atoms with Crippen LogP contribution in [0.4, 0.5) is 5.95 Å². The highest BCUT2D eigenvalue weighted by Gasteiger charge is 2.09. The van der Waals surface area contributed by atoms with Crippen LogP contribution in [-0.2, 0) is 11.3 Å². The Morgan fingerprint density at radius 1 is 1.21 bits per heavy atom. The summed E-state index contributed by atoms with van der Waals surface area (Å²) in [4.78, 5) is 19.3. The standard InChI is InChI=1S/C17H15Cl2N3O2/c1-2-24-16(23)11-3-4-14-15(7-11)22-17(21-14)20-9-10-5-12(18)8-13(19)6-10/h3-8H,2,9H2,1H3,(H2,20,21,22). The molecule has 0 saturated heterocycles. The quantitative estimate of drug-likeness (QED) is 0.647. The zero-order valence-electron chi connectivity index (χ0n) is 12.9. The first-order valence-electron chi connectivity index (χ1n) is 7.41. The Balaban J connectivity index is 1.76. The second-order valence-corrected chi connectivity index (χ2v) is 6.04. The first-order valence-corrected chi connectivity index (χ1v) is 8.16. The summed E-state index contributed by atoms with van der Waals surface area (Å²) >= 11 is 12.0. The van der Waals surface area contributed by atoms with Crippen LogP contribution in [0.25, 0.3) is 11.0 Å². The van der Waals surface area contributed by atoms with Crippen molar-refractivity contribution in [1.29, 1.82) is 0 Å². The van der Waals surface area contributed by atoms with Crippen molar-refractivity contribution in [1.82, 2.24) is 9.97 Å². The second kappa shape index (κ2) is 7.11. The van der Waals surface area contributed by atoms with E-state index >= 15 is 0 Å². The molecule has 0 saturated carbocycles. The van der Waals surface area contributed by atoms with Crippen molar-refractivity contribution in [2.45, 2.75) is 13.5 Å². The van der Waals surface area contributed by atoms with Gasteiger partial charge in [-0.2, -0.15) is 0 Å². The number of esters is 1. The van der Waals surface area contributed by atoms with Crippen LogP contribution in [0.2, 0.25) is 10.0 Å². The van der Waals surface area contributed by atoms with E-state index in [4.69, 9.17) is 27.9 Å². The van der Waals surface area contributed by atoms with E-state index in [-0.39, 0.29) is 5.97 Å². The molecule has 0 radical (unpaired) electrons. The Labute approximate surface area is 148 Å². The number of carbonyl (C=O) groups excluding carboxylic acids is 1. The fourth-order valence-electron chi connectivity index (χ4n) is 2.33. The highest BCUT2D eigenvalue weighted by atomic mass is 35.5. The number of anilines is 1. The minimum atomic E-state index is -0.350. The topological polar surface area (TPSA) is 67.0 Å². The number of nitrogens with one attached hydrogen (secondary N) is 2. The molecule has 0 amide bonds. The maximum atomic E-state index is 11.8. The third kappa shape index (κ3) is 3.80. The number of H-pyrrole nitrogens is 1. The average molecular weight is 364 g/mol. The largest absolute Gasteiger partial charge is 0.462 e.